The van der Waals surface area contributed by atoms with Crippen LogP contribution in [0.2, 0.25) is 0 Å². The Balaban J connectivity index is 0.847. The van der Waals surface area contributed by atoms with Crippen molar-refractivity contribution in [2.75, 3.05) is 21.7 Å². The summed E-state index contributed by atoms with van der Waals surface area (Å²) >= 11 is 0. The van der Waals surface area contributed by atoms with Crippen LogP contribution in [0.3, 0.4) is 0 Å². The molecule has 11 aromatic rings. The molecule has 0 heterocycles. The summed E-state index contributed by atoms with van der Waals surface area (Å²) in [5, 5.41) is 0. The molecule has 0 N–H and O–H groups in total. The van der Waals surface area contributed by atoms with Gasteiger partial charge in [-0.1, -0.05) is 294 Å². The molecule has 0 aliphatic heterocycles. The summed E-state index contributed by atoms with van der Waals surface area (Å²) in [5.74, 6) is 0. The quantitative estimate of drug-likeness (QED) is 0.0401. The van der Waals surface area contributed by atoms with Gasteiger partial charge in [-0.05, 0) is 207 Å². The van der Waals surface area contributed by atoms with Crippen molar-refractivity contribution in [2.24, 2.45) is 0 Å². The minimum atomic E-state index is -0.0448. The standard InChI is InChI=1S/C93H99N3/c1-6-10-14-28-61-92(62-29-15-11-7-2)88-47-26-24-45-84(88)86-59-57-81(68-90(86)92)94(5)80-43-33-37-74(66-80)72-35-32-36-73(65-72)75-38-34-44-82(67-75)96(83-58-60-87-85-46-25-27-48-89(85)93(91(87)69-83,63-30-16-12-8-3)64-31-17-13-9-4)79-55-51-71(52-56-79)70-49-53-78(54-50-70)95(76-39-20-18-21-40-76)77-41-22-19-23-42-77/h18-27,32-60,65-69H,6-17,28-31,61-64H2,1-5H3. The van der Waals surface area contributed by atoms with E-state index in [0.29, 0.717) is 0 Å². The maximum Gasteiger partial charge on any atom is 0.0467 e. The molecular weight excluding hydrogens is 1160 g/mol. The maximum atomic E-state index is 2.60. The molecule has 0 atom stereocenters. The molecule has 486 valence electrons. The fraction of sp³-hybridized carbons (Fsp3) is 0.290. The van der Waals surface area contributed by atoms with Gasteiger partial charge < -0.3 is 14.7 Å². The molecule has 0 fully saturated rings. The van der Waals surface area contributed by atoms with Crippen molar-refractivity contribution >= 4 is 45.5 Å². The first-order chi connectivity index (χ1) is 47.3. The van der Waals surface area contributed by atoms with E-state index in [4.69, 9.17) is 0 Å². The van der Waals surface area contributed by atoms with E-state index in [0.717, 1.165) is 28.4 Å². The molecule has 0 aromatic heterocycles. The number of anilines is 8. The number of nitrogens with zero attached hydrogens (tertiary/aromatic N) is 3. The van der Waals surface area contributed by atoms with Crippen LogP contribution < -0.4 is 14.7 Å². The Morgan fingerprint density at radius 1 is 0.219 bits per heavy atom. The van der Waals surface area contributed by atoms with Gasteiger partial charge in [0.25, 0.3) is 0 Å². The van der Waals surface area contributed by atoms with Crippen LogP contribution in [0.1, 0.15) is 178 Å². The molecular formula is C93H99N3. The van der Waals surface area contributed by atoms with Crippen molar-refractivity contribution in [1.29, 1.82) is 0 Å². The van der Waals surface area contributed by atoms with Crippen LogP contribution in [-0.4, -0.2) is 7.05 Å². The SMILES string of the molecule is CCCCCCC1(CCCCCC)c2ccccc2-c2ccc(N(C)c3cccc(-c4cccc(-c5cccc(N(c6ccc(-c7ccc(N(c8ccccc8)c8ccccc8)cc7)cc6)c6ccc7c(c6)C(CCCCCC)(CCCCCC)c6ccccc6-7)c5)c4)c3)cc21. The summed E-state index contributed by atoms with van der Waals surface area (Å²) in [6, 6.07) is 101. The van der Waals surface area contributed by atoms with Crippen LogP contribution in [0.25, 0.3) is 55.6 Å². The lowest BCUT2D eigenvalue weighted by molar-refractivity contribution is 0.401. The van der Waals surface area contributed by atoms with Crippen molar-refractivity contribution in [3.8, 4) is 55.6 Å². The van der Waals surface area contributed by atoms with E-state index in [1.54, 1.807) is 5.56 Å². The van der Waals surface area contributed by atoms with Crippen molar-refractivity contribution in [2.45, 2.75) is 167 Å². The lowest BCUT2D eigenvalue weighted by Crippen LogP contribution is -2.26. The van der Waals surface area contributed by atoms with E-state index in [-0.39, 0.29) is 10.8 Å². The minimum absolute atomic E-state index is 0.0377. The topological polar surface area (TPSA) is 9.72 Å². The molecule has 11 aromatic carbocycles. The van der Waals surface area contributed by atoms with Crippen molar-refractivity contribution < 1.29 is 0 Å². The molecule has 0 radical (unpaired) electrons. The first-order valence-electron chi connectivity index (χ1n) is 36.8. The molecule has 96 heavy (non-hydrogen) atoms. The Bertz CT molecular complexity index is 4270. The first kappa shape index (κ1) is 65.5. The van der Waals surface area contributed by atoms with E-state index in [1.807, 2.05) is 0 Å². The van der Waals surface area contributed by atoms with Crippen LogP contribution in [0.5, 0.6) is 0 Å². The monoisotopic (exact) mass is 1260 g/mol. The zero-order valence-electron chi connectivity index (χ0n) is 57.9. The van der Waals surface area contributed by atoms with Crippen LogP contribution in [0.15, 0.2) is 267 Å². The van der Waals surface area contributed by atoms with Crippen molar-refractivity contribution in [3.63, 3.8) is 0 Å². The van der Waals surface area contributed by atoms with E-state index in [2.05, 4.69) is 316 Å². The third-order valence-electron chi connectivity index (χ3n) is 21.5. The Hall–Kier alpha value is -9.18. The van der Waals surface area contributed by atoms with Crippen molar-refractivity contribution in [3.05, 3.63) is 289 Å². The number of fused-ring (bicyclic) bond motifs is 6. The smallest absolute Gasteiger partial charge is 0.0467 e. The molecule has 0 saturated carbocycles. The number of hydrogen-bond donors (Lipinski definition) is 0. The summed E-state index contributed by atoms with van der Waals surface area (Å²) in [4.78, 5) is 7.28. The third-order valence-corrected chi connectivity index (χ3v) is 21.5. The van der Waals surface area contributed by atoms with Gasteiger partial charge in [-0.3, -0.25) is 0 Å². The fourth-order valence-electron chi connectivity index (χ4n) is 16.4. The van der Waals surface area contributed by atoms with Gasteiger partial charge in [0.15, 0.2) is 0 Å². The van der Waals surface area contributed by atoms with Gasteiger partial charge in [0, 0.05) is 63.4 Å². The van der Waals surface area contributed by atoms with Gasteiger partial charge in [0.1, 0.15) is 0 Å². The van der Waals surface area contributed by atoms with Crippen LogP contribution >= 0.6 is 0 Å². The van der Waals surface area contributed by atoms with Gasteiger partial charge in [-0.15, -0.1) is 0 Å². The van der Waals surface area contributed by atoms with Crippen LogP contribution in [0, 0.1) is 0 Å². The minimum Gasteiger partial charge on any atom is -0.345 e. The summed E-state index contributed by atoms with van der Waals surface area (Å²) in [7, 11) is 2.26. The summed E-state index contributed by atoms with van der Waals surface area (Å²) in [5.41, 5.74) is 28.2. The largest absolute Gasteiger partial charge is 0.345 e. The molecule has 13 rings (SSSR count). The van der Waals surface area contributed by atoms with Crippen molar-refractivity contribution in [1.82, 2.24) is 0 Å². The molecule has 2 aliphatic rings. The lowest BCUT2D eigenvalue weighted by atomic mass is 9.70. The van der Waals surface area contributed by atoms with E-state index in [1.165, 1.54) is 218 Å². The predicted molar refractivity (Wildman–Crippen MR) is 414 cm³/mol. The number of unbranched alkanes of at least 4 members (excludes halogenated alkanes) is 12. The number of rotatable bonds is 31. The summed E-state index contributed by atoms with van der Waals surface area (Å²) < 4.78 is 0. The highest BCUT2D eigenvalue weighted by atomic mass is 15.1. The lowest BCUT2D eigenvalue weighted by Gasteiger charge is -2.34. The second-order valence-electron chi connectivity index (χ2n) is 27.6. The van der Waals surface area contributed by atoms with E-state index < -0.39 is 0 Å². The van der Waals surface area contributed by atoms with Gasteiger partial charge in [-0.2, -0.15) is 0 Å². The molecule has 0 amide bonds. The van der Waals surface area contributed by atoms with Crippen LogP contribution in [0.4, 0.5) is 45.5 Å². The average Bonchev–Trinajstić information content (AvgIpc) is 1.57. The molecule has 0 unspecified atom stereocenters. The molecule has 2 aliphatic carbocycles. The molecule has 0 bridgehead atoms. The third kappa shape index (κ3) is 13.7. The molecule has 3 heteroatoms. The maximum absolute atomic E-state index is 2.60. The second-order valence-corrected chi connectivity index (χ2v) is 27.6. The Morgan fingerprint density at radius 2 is 0.521 bits per heavy atom. The highest BCUT2D eigenvalue weighted by Gasteiger charge is 2.44. The first-order valence-corrected chi connectivity index (χ1v) is 36.8. The zero-order chi connectivity index (χ0) is 65.7. The van der Waals surface area contributed by atoms with Crippen LogP contribution in [-0.2, 0) is 10.8 Å². The Labute approximate surface area is 575 Å². The average molecular weight is 1260 g/mol. The van der Waals surface area contributed by atoms with Gasteiger partial charge in [0.2, 0.25) is 0 Å². The normalized spacial score (nSPS) is 13.0. The zero-order valence-corrected chi connectivity index (χ0v) is 57.9. The van der Waals surface area contributed by atoms with Gasteiger partial charge >= 0.3 is 0 Å². The highest BCUT2D eigenvalue weighted by molar-refractivity contribution is 5.89. The Morgan fingerprint density at radius 3 is 0.969 bits per heavy atom. The Kier molecular flexibility index (Phi) is 20.9. The molecule has 0 saturated heterocycles. The van der Waals surface area contributed by atoms with Gasteiger partial charge in [-0.25, -0.2) is 0 Å². The second kappa shape index (κ2) is 30.7. The number of para-hydroxylation sites is 2. The highest BCUT2D eigenvalue weighted by Crippen LogP contribution is 2.57. The predicted octanol–water partition coefficient (Wildman–Crippen LogP) is 27.8. The van der Waals surface area contributed by atoms with Gasteiger partial charge in [0.05, 0.1) is 0 Å². The van der Waals surface area contributed by atoms with E-state index >= 15 is 0 Å². The summed E-state index contributed by atoms with van der Waals surface area (Å²) in [6.45, 7) is 9.33. The number of benzene rings is 11. The molecule has 0 spiro atoms. The molecule has 3 nitrogen and oxygen atoms in total. The number of hydrogen-bond acceptors (Lipinski definition) is 3. The summed E-state index contributed by atoms with van der Waals surface area (Å²) in [6.07, 6.45) is 25.0. The fourth-order valence-corrected chi connectivity index (χ4v) is 16.4. The van der Waals surface area contributed by atoms with E-state index in [9.17, 15) is 0 Å².